The van der Waals surface area contributed by atoms with Gasteiger partial charge in [0, 0.05) is 4.90 Å². The third-order valence-electron chi connectivity index (χ3n) is 2.21. The normalized spacial score (nSPS) is 19.4. The minimum atomic E-state index is 0.328. The molecular formula is C11H14O2S. The average molecular weight is 210 g/mol. The minimum Gasteiger partial charge on any atom is -0.491 e. The summed E-state index contributed by atoms with van der Waals surface area (Å²) in [5.74, 6) is 0.971. The van der Waals surface area contributed by atoms with Gasteiger partial charge in [-0.2, -0.15) is 0 Å². The van der Waals surface area contributed by atoms with Crippen LogP contribution in [0.15, 0.2) is 23.1 Å². The molecule has 1 aliphatic heterocycles. The molecule has 1 aliphatic rings. The van der Waals surface area contributed by atoms with Gasteiger partial charge in [-0.15, -0.1) is 11.8 Å². The first-order valence-corrected chi connectivity index (χ1v) is 5.91. The van der Waals surface area contributed by atoms with E-state index in [1.54, 1.807) is 11.8 Å². The molecule has 2 rings (SSSR count). The SMILES string of the molecule is CSc1ccc(OC[C@@H]2CO2)c(C)c1. The van der Waals surface area contributed by atoms with E-state index in [2.05, 4.69) is 25.3 Å². The summed E-state index contributed by atoms with van der Waals surface area (Å²) >= 11 is 1.75. The Labute approximate surface area is 88.6 Å². The van der Waals surface area contributed by atoms with Crippen LogP contribution < -0.4 is 4.74 Å². The van der Waals surface area contributed by atoms with E-state index in [0.717, 1.165) is 12.4 Å². The van der Waals surface area contributed by atoms with Crippen LogP contribution in [-0.4, -0.2) is 25.6 Å². The van der Waals surface area contributed by atoms with Crippen LogP contribution in [0, 0.1) is 6.92 Å². The summed E-state index contributed by atoms with van der Waals surface area (Å²) in [4.78, 5) is 1.28. The van der Waals surface area contributed by atoms with Crippen LogP contribution in [0.5, 0.6) is 5.75 Å². The summed E-state index contributed by atoms with van der Waals surface area (Å²) in [5.41, 5.74) is 1.19. The number of hydrogen-bond donors (Lipinski definition) is 0. The molecule has 0 N–H and O–H groups in total. The van der Waals surface area contributed by atoms with Crippen molar-refractivity contribution in [1.82, 2.24) is 0 Å². The number of epoxide rings is 1. The molecule has 1 aromatic rings. The van der Waals surface area contributed by atoms with Crippen molar-refractivity contribution in [2.24, 2.45) is 0 Å². The molecule has 1 atom stereocenters. The summed E-state index contributed by atoms with van der Waals surface area (Å²) in [6.45, 7) is 3.60. The molecular weight excluding hydrogens is 196 g/mol. The first-order chi connectivity index (χ1) is 6.79. The third-order valence-corrected chi connectivity index (χ3v) is 2.93. The lowest BCUT2D eigenvalue weighted by Crippen LogP contribution is -2.04. The van der Waals surface area contributed by atoms with Gasteiger partial charge in [-0.05, 0) is 36.9 Å². The molecule has 1 saturated heterocycles. The van der Waals surface area contributed by atoms with Gasteiger partial charge in [0.15, 0.2) is 0 Å². The first-order valence-electron chi connectivity index (χ1n) is 4.68. The average Bonchev–Trinajstić information content (AvgIpc) is 2.99. The van der Waals surface area contributed by atoms with Gasteiger partial charge in [0.2, 0.25) is 0 Å². The smallest absolute Gasteiger partial charge is 0.122 e. The zero-order chi connectivity index (χ0) is 9.97. The fourth-order valence-corrected chi connectivity index (χ4v) is 1.76. The van der Waals surface area contributed by atoms with E-state index >= 15 is 0 Å². The fraction of sp³-hybridized carbons (Fsp3) is 0.455. The standard InChI is InChI=1S/C11H14O2S/c1-8-5-10(14-2)3-4-11(8)13-7-9-6-12-9/h3-5,9H,6-7H2,1-2H3/t9-/m0/s1. The quantitative estimate of drug-likeness (QED) is 0.563. The second-order valence-electron chi connectivity index (χ2n) is 3.40. The number of hydrogen-bond acceptors (Lipinski definition) is 3. The number of rotatable bonds is 4. The van der Waals surface area contributed by atoms with Crippen molar-refractivity contribution in [1.29, 1.82) is 0 Å². The van der Waals surface area contributed by atoms with Gasteiger partial charge in [0.25, 0.3) is 0 Å². The first kappa shape index (κ1) is 9.87. The lowest BCUT2D eigenvalue weighted by atomic mass is 10.2. The van der Waals surface area contributed by atoms with Gasteiger partial charge in [0.1, 0.15) is 18.5 Å². The Balaban J connectivity index is 2.01. The van der Waals surface area contributed by atoms with Crippen LogP contribution in [0.4, 0.5) is 0 Å². The zero-order valence-corrected chi connectivity index (χ0v) is 9.26. The Hall–Kier alpha value is -0.670. The maximum atomic E-state index is 5.63. The lowest BCUT2D eigenvalue weighted by molar-refractivity contribution is 0.261. The topological polar surface area (TPSA) is 21.8 Å². The van der Waals surface area contributed by atoms with Crippen LogP contribution in [0.1, 0.15) is 5.56 Å². The van der Waals surface area contributed by atoms with Crippen LogP contribution in [0.25, 0.3) is 0 Å². The van der Waals surface area contributed by atoms with Gasteiger partial charge in [-0.25, -0.2) is 0 Å². The summed E-state index contributed by atoms with van der Waals surface area (Å²) in [6.07, 6.45) is 2.41. The van der Waals surface area contributed by atoms with E-state index in [1.165, 1.54) is 10.5 Å². The van der Waals surface area contributed by atoms with Crippen LogP contribution in [0.3, 0.4) is 0 Å². The Morgan fingerprint density at radius 2 is 2.36 bits per heavy atom. The summed E-state index contributed by atoms with van der Waals surface area (Å²) in [6, 6.07) is 6.26. The number of thioether (sulfide) groups is 1. The van der Waals surface area contributed by atoms with E-state index in [-0.39, 0.29) is 0 Å². The number of aryl methyl sites for hydroxylation is 1. The van der Waals surface area contributed by atoms with E-state index in [4.69, 9.17) is 9.47 Å². The highest BCUT2D eigenvalue weighted by atomic mass is 32.2. The molecule has 3 heteroatoms. The van der Waals surface area contributed by atoms with Crippen LogP contribution in [0.2, 0.25) is 0 Å². The van der Waals surface area contributed by atoms with Gasteiger partial charge in [0.05, 0.1) is 6.61 Å². The molecule has 0 radical (unpaired) electrons. The lowest BCUT2D eigenvalue weighted by Gasteiger charge is -2.08. The van der Waals surface area contributed by atoms with E-state index in [9.17, 15) is 0 Å². The molecule has 1 heterocycles. The molecule has 1 fully saturated rings. The molecule has 0 saturated carbocycles. The third kappa shape index (κ3) is 2.42. The van der Waals surface area contributed by atoms with Crippen molar-refractivity contribution >= 4 is 11.8 Å². The van der Waals surface area contributed by atoms with Crippen LogP contribution in [-0.2, 0) is 4.74 Å². The van der Waals surface area contributed by atoms with Crippen molar-refractivity contribution in [2.45, 2.75) is 17.9 Å². The second-order valence-corrected chi connectivity index (χ2v) is 4.28. The maximum absolute atomic E-state index is 5.63. The predicted octanol–water partition coefficient (Wildman–Crippen LogP) is 2.49. The zero-order valence-electron chi connectivity index (χ0n) is 8.45. The van der Waals surface area contributed by atoms with Gasteiger partial charge in [-0.1, -0.05) is 0 Å². The van der Waals surface area contributed by atoms with Crippen molar-refractivity contribution < 1.29 is 9.47 Å². The van der Waals surface area contributed by atoms with E-state index in [1.807, 2.05) is 6.07 Å². The van der Waals surface area contributed by atoms with Crippen molar-refractivity contribution in [3.8, 4) is 5.75 Å². The summed E-state index contributed by atoms with van der Waals surface area (Å²) in [7, 11) is 0. The Bertz CT molecular complexity index is 321. The molecule has 0 aliphatic carbocycles. The largest absolute Gasteiger partial charge is 0.491 e. The van der Waals surface area contributed by atoms with E-state index in [0.29, 0.717) is 12.7 Å². The molecule has 0 bridgehead atoms. The molecule has 2 nitrogen and oxygen atoms in total. The van der Waals surface area contributed by atoms with E-state index < -0.39 is 0 Å². The summed E-state index contributed by atoms with van der Waals surface area (Å²) in [5, 5.41) is 0. The maximum Gasteiger partial charge on any atom is 0.122 e. The minimum absolute atomic E-state index is 0.328. The van der Waals surface area contributed by atoms with Crippen molar-refractivity contribution in [2.75, 3.05) is 19.5 Å². The molecule has 0 amide bonds. The predicted molar refractivity (Wildman–Crippen MR) is 58.2 cm³/mol. The van der Waals surface area contributed by atoms with Crippen LogP contribution >= 0.6 is 11.8 Å². The molecule has 0 spiro atoms. The Morgan fingerprint density at radius 3 is 2.93 bits per heavy atom. The molecule has 76 valence electrons. The number of benzene rings is 1. The fourth-order valence-electron chi connectivity index (χ4n) is 1.26. The highest BCUT2D eigenvalue weighted by Gasteiger charge is 2.23. The van der Waals surface area contributed by atoms with Gasteiger partial charge in [-0.3, -0.25) is 0 Å². The molecule has 0 aromatic heterocycles. The highest BCUT2D eigenvalue weighted by molar-refractivity contribution is 7.98. The second kappa shape index (κ2) is 4.24. The van der Waals surface area contributed by atoms with Gasteiger partial charge >= 0.3 is 0 Å². The highest BCUT2D eigenvalue weighted by Crippen LogP contribution is 2.24. The van der Waals surface area contributed by atoms with Crippen molar-refractivity contribution in [3.05, 3.63) is 23.8 Å². The molecule has 0 unspecified atom stereocenters. The Kier molecular flexibility index (Phi) is 2.99. The Morgan fingerprint density at radius 1 is 1.57 bits per heavy atom. The molecule has 1 aromatic carbocycles. The number of ether oxygens (including phenoxy) is 2. The molecule has 14 heavy (non-hydrogen) atoms. The summed E-state index contributed by atoms with van der Waals surface area (Å²) < 4.78 is 10.7. The van der Waals surface area contributed by atoms with Crippen molar-refractivity contribution in [3.63, 3.8) is 0 Å². The monoisotopic (exact) mass is 210 g/mol. The van der Waals surface area contributed by atoms with Gasteiger partial charge < -0.3 is 9.47 Å².